The largest absolute Gasteiger partial charge is 0.309 e. The Morgan fingerprint density at radius 3 is 2.50 bits per heavy atom. The maximum atomic E-state index is 12.3. The molecular weight excluding hydrogens is 346 g/mol. The van der Waals surface area contributed by atoms with Crippen molar-refractivity contribution in [1.29, 1.82) is 0 Å². The fraction of sp³-hybridized carbons (Fsp3) is 0.263. The standard InChI is InChI=1S/C19H19N5OS/c1-11-9-12(2)21-19(20-11)24-18-16(13(3)23-24)17(26-10-15(25)22-18)14-7-5-4-6-8-14/h4-9,17H,10H2,1-3H3,(H,22,25). The zero-order valence-electron chi connectivity index (χ0n) is 14.9. The van der Waals surface area contributed by atoms with Gasteiger partial charge < -0.3 is 5.32 Å². The number of thioether (sulfide) groups is 1. The summed E-state index contributed by atoms with van der Waals surface area (Å²) in [5.74, 6) is 1.49. The van der Waals surface area contributed by atoms with Gasteiger partial charge in [0.1, 0.15) is 5.82 Å². The topological polar surface area (TPSA) is 72.7 Å². The molecule has 1 N–H and O–H groups in total. The molecule has 0 spiro atoms. The molecule has 0 fully saturated rings. The van der Waals surface area contributed by atoms with Crippen molar-refractivity contribution < 1.29 is 4.79 Å². The first-order valence-electron chi connectivity index (χ1n) is 8.41. The van der Waals surface area contributed by atoms with E-state index in [-0.39, 0.29) is 11.2 Å². The highest BCUT2D eigenvalue weighted by molar-refractivity contribution is 8.00. The van der Waals surface area contributed by atoms with Gasteiger partial charge in [-0.25, -0.2) is 9.97 Å². The number of carbonyl (C=O) groups excluding carboxylic acids is 1. The summed E-state index contributed by atoms with van der Waals surface area (Å²) >= 11 is 1.61. The van der Waals surface area contributed by atoms with Crippen LogP contribution in [-0.4, -0.2) is 31.4 Å². The number of hydrogen-bond acceptors (Lipinski definition) is 5. The minimum absolute atomic E-state index is 0.0322. The molecule has 0 aliphatic carbocycles. The van der Waals surface area contributed by atoms with Crippen molar-refractivity contribution in [3.05, 3.63) is 64.6 Å². The summed E-state index contributed by atoms with van der Waals surface area (Å²) in [4.78, 5) is 21.4. The second kappa shape index (κ2) is 6.57. The lowest BCUT2D eigenvalue weighted by molar-refractivity contribution is -0.113. The molecule has 26 heavy (non-hydrogen) atoms. The van der Waals surface area contributed by atoms with Gasteiger partial charge in [0, 0.05) is 17.0 Å². The van der Waals surface area contributed by atoms with Crippen LogP contribution in [0, 0.1) is 20.8 Å². The van der Waals surface area contributed by atoms with Crippen LogP contribution in [0.1, 0.15) is 33.5 Å². The van der Waals surface area contributed by atoms with Gasteiger partial charge in [0.25, 0.3) is 5.95 Å². The summed E-state index contributed by atoms with van der Waals surface area (Å²) in [6.07, 6.45) is 0. The predicted molar refractivity (Wildman–Crippen MR) is 103 cm³/mol. The summed E-state index contributed by atoms with van der Waals surface area (Å²) < 4.78 is 1.66. The molecule has 6 nitrogen and oxygen atoms in total. The molecule has 3 heterocycles. The van der Waals surface area contributed by atoms with Gasteiger partial charge in [0.05, 0.1) is 16.7 Å². The Hall–Kier alpha value is -2.67. The maximum absolute atomic E-state index is 12.3. The minimum atomic E-state index is -0.0415. The molecule has 1 aliphatic heterocycles. The van der Waals surface area contributed by atoms with E-state index in [4.69, 9.17) is 0 Å². The highest BCUT2D eigenvalue weighted by atomic mass is 32.2. The van der Waals surface area contributed by atoms with Crippen molar-refractivity contribution in [2.45, 2.75) is 26.0 Å². The van der Waals surface area contributed by atoms with Gasteiger partial charge in [-0.1, -0.05) is 30.3 Å². The van der Waals surface area contributed by atoms with Crippen molar-refractivity contribution in [1.82, 2.24) is 19.7 Å². The van der Waals surface area contributed by atoms with Gasteiger partial charge >= 0.3 is 0 Å². The minimum Gasteiger partial charge on any atom is -0.309 e. The van der Waals surface area contributed by atoms with Gasteiger partial charge in [-0.05, 0) is 32.4 Å². The van der Waals surface area contributed by atoms with E-state index in [1.54, 1.807) is 16.4 Å². The SMILES string of the molecule is Cc1cc(C)nc(-n2nc(C)c3c2NC(=O)CSC3c2ccccc2)n1. The smallest absolute Gasteiger partial charge is 0.252 e. The number of nitrogens with one attached hydrogen (secondary N) is 1. The highest BCUT2D eigenvalue weighted by Crippen LogP contribution is 2.43. The summed E-state index contributed by atoms with van der Waals surface area (Å²) in [5.41, 5.74) is 4.76. The molecule has 2 aromatic heterocycles. The van der Waals surface area contributed by atoms with E-state index in [0.717, 1.165) is 28.2 Å². The third kappa shape index (κ3) is 2.99. The third-order valence-corrected chi connectivity index (χ3v) is 5.54. The first-order chi connectivity index (χ1) is 12.5. The first kappa shape index (κ1) is 16.8. The zero-order chi connectivity index (χ0) is 18.3. The van der Waals surface area contributed by atoms with Gasteiger partial charge in [-0.3, -0.25) is 4.79 Å². The second-order valence-corrected chi connectivity index (χ2v) is 7.45. The maximum Gasteiger partial charge on any atom is 0.252 e. The van der Waals surface area contributed by atoms with Crippen molar-refractivity contribution in [2.75, 3.05) is 11.1 Å². The Morgan fingerprint density at radius 2 is 1.81 bits per heavy atom. The van der Waals surface area contributed by atoms with E-state index in [1.807, 2.05) is 45.0 Å². The van der Waals surface area contributed by atoms with E-state index in [2.05, 4.69) is 32.5 Å². The number of benzene rings is 1. The lowest BCUT2D eigenvalue weighted by Crippen LogP contribution is -2.17. The van der Waals surface area contributed by atoms with Crippen LogP contribution in [0.3, 0.4) is 0 Å². The monoisotopic (exact) mass is 365 g/mol. The van der Waals surface area contributed by atoms with E-state index in [0.29, 0.717) is 17.5 Å². The Bertz CT molecular complexity index is 963. The van der Waals surface area contributed by atoms with E-state index >= 15 is 0 Å². The van der Waals surface area contributed by atoms with Crippen LogP contribution in [0.25, 0.3) is 5.95 Å². The summed E-state index contributed by atoms with van der Waals surface area (Å²) in [6.45, 7) is 5.81. The zero-order valence-corrected chi connectivity index (χ0v) is 15.7. The number of anilines is 1. The molecule has 1 atom stereocenters. The number of nitrogens with zero attached hydrogens (tertiary/aromatic N) is 4. The number of aromatic nitrogens is 4. The van der Waals surface area contributed by atoms with Gasteiger partial charge in [0.15, 0.2) is 0 Å². The fourth-order valence-corrected chi connectivity index (χ4v) is 4.41. The Morgan fingerprint density at radius 1 is 1.12 bits per heavy atom. The number of aryl methyl sites for hydroxylation is 3. The van der Waals surface area contributed by atoms with E-state index in [1.165, 1.54) is 0 Å². The Balaban J connectivity index is 1.92. The average molecular weight is 365 g/mol. The van der Waals surface area contributed by atoms with Crippen LogP contribution in [0.15, 0.2) is 36.4 Å². The van der Waals surface area contributed by atoms with Crippen LogP contribution in [0.5, 0.6) is 0 Å². The molecule has 4 rings (SSSR count). The van der Waals surface area contributed by atoms with Crippen LogP contribution in [0.4, 0.5) is 5.82 Å². The molecule has 132 valence electrons. The van der Waals surface area contributed by atoms with Crippen molar-refractivity contribution in [3.63, 3.8) is 0 Å². The summed E-state index contributed by atoms with van der Waals surface area (Å²) in [7, 11) is 0. The van der Waals surface area contributed by atoms with Gasteiger partial charge in [-0.2, -0.15) is 9.78 Å². The normalized spacial score (nSPS) is 16.7. The molecule has 0 radical (unpaired) electrons. The number of carbonyl (C=O) groups is 1. The lowest BCUT2D eigenvalue weighted by atomic mass is 10.0. The highest BCUT2D eigenvalue weighted by Gasteiger charge is 2.31. The Labute approximate surface area is 156 Å². The van der Waals surface area contributed by atoms with Crippen LogP contribution in [-0.2, 0) is 4.79 Å². The van der Waals surface area contributed by atoms with Crippen molar-refractivity contribution in [2.24, 2.45) is 0 Å². The number of hydrogen-bond donors (Lipinski definition) is 1. The summed E-state index contributed by atoms with van der Waals surface area (Å²) in [5, 5.41) is 7.70. The molecule has 3 aromatic rings. The average Bonchev–Trinajstić information content (AvgIpc) is 2.81. The van der Waals surface area contributed by atoms with E-state index < -0.39 is 0 Å². The molecule has 1 amide bonds. The fourth-order valence-electron chi connectivity index (χ4n) is 3.22. The lowest BCUT2D eigenvalue weighted by Gasteiger charge is -2.15. The van der Waals surface area contributed by atoms with Crippen molar-refractivity contribution in [3.8, 4) is 5.95 Å². The molecule has 1 aliphatic rings. The van der Waals surface area contributed by atoms with E-state index in [9.17, 15) is 4.79 Å². The van der Waals surface area contributed by atoms with Crippen LogP contribution >= 0.6 is 11.8 Å². The van der Waals surface area contributed by atoms with Crippen LogP contribution < -0.4 is 5.32 Å². The molecule has 7 heteroatoms. The second-order valence-electron chi connectivity index (χ2n) is 6.36. The third-order valence-electron chi connectivity index (χ3n) is 4.27. The molecule has 0 saturated heterocycles. The molecular formula is C19H19N5OS. The summed E-state index contributed by atoms with van der Waals surface area (Å²) in [6, 6.07) is 12.1. The Kier molecular flexibility index (Phi) is 4.24. The molecule has 1 aromatic carbocycles. The van der Waals surface area contributed by atoms with Crippen molar-refractivity contribution >= 4 is 23.5 Å². The van der Waals surface area contributed by atoms with Gasteiger partial charge in [0.2, 0.25) is 5.91 Å². The van der Waals surface area contributed by atoms with Crippen LogP contribution in [0.2, 0.25) is 0 Å². The molecule has 0 bridgehead atoms. The number of fused-ring (bicyclic) bond motifs is 1. The number of amides is 1. The molecule has 1 unspecified atom stereocenters. The quantitative estimate of drug-likeness (QED) is 0.754. The molecule has 0 saturated carbocycles. The number of rotatable bonds is 2. The van der Waals surface area contributed by atoms with Gasteiger partial charge in [-0.15, -0.1) is 11.8 Å². The predicted octanol–water partition coefficient (Wildman–Crippen LogP) is 3.36. The first-order valence-corrected chi connectivity index (χ1v) is 9.46.